The normalized spacial score (nSPS) is 17.6. The number of allylic oxidation sites excluding steroid dienone is 1. The quantitative estimate of drug-likeness (QED) is 0.493. The van der Waals surface area contributed by atoms with Crippen molar-refractivity contribution in [2.45, 2.75) is 39.7 Å². The van der Waals surface area contributed by atoms with Gasteiger partial charge in [-0.05, 0) is 75.1 Å². The lowest BCUT2D eigenvalue weighted by molar-refractivity contribution is -0.0106. The highest BCUT2D eigenvalue weighted by molar-refractivity contribution is 5.94. The summed E-state index contributed by atoms with van der Waals surface area (Å²) >= 11 is 0. The summed E-state index contributed by atoms with van der Waals surface area (Å²) < 4.78 is 0. The summed E-state index contributed by atoms with van der Waals surface area (Å²) in [6.45, 7) is 8.63. The molecule has 1 aliphatic carbocycles. The van der Waals surface area contributed by atoms with Crippen LogP contribution in [-0.2, 0) is 0 Å². The molecule has 0 radical (unpaired) electrons. The molecular formula is C31H34N2O. The van der Waals surface area contributed by atoms with Gasteiger partial charge in [0.1, 0.15) is 0 Å². The number of carbonyl (C=O) groups excluding carboxylic acids is 1. The SMILES string of the molecule is Cc1ccc(C(=C2CC3(C2)CN(C)C3)c2ccc([C@@H](C)NC(=O)c3cccc(C)c3)cc2)cc1. The van der Waals surface area contributed by atoms with Crippen LogP contribution < -0.4 is 5.32 Å². The maximum absolute atomic E-state index is 12.7. The average Bonchev–Trinajstić information content (AvgIpc) is 2.78. The Morgan fingerprint density at radius 2 is 1.47 bits per heavy atom. The molecule has 3 aromatic rings. The van der Waals surface area contributed by atoms with Crippen LogP contribution in [-0.4, -0.2) is 30.9 Å². The highest BCUT2D eigenvalue weighted by Crippen LogP contribution is 2.54. The van der Waals surface area contributed by atoms with Gasteiger partial charge in [0.05, 0.1) is 6.04 Å². The largest absolute Gasteiger partial charge is 0.346 e. The first kappa shape index (κ1) is 22.6. The second-order valence-corrected chi connectivity index (χ2v) is 10.6. The second-order valence-electron chi connectivity index (χ2n) is 10.6. The summed E-state index contributed by atoms with van der Waals surface area (Å²) in [7, 11) is 2.21. The molecule has 1 atom stereocenters. The van der Waals surface area contributed by atoms with Crippen molar-refractivity contribution in [3.8, 4) is 0 Å². The van der Waals surface area contributed by atoms with Crippen molar-refractivity contribution in [3.63, 3.8) is 0 Å². The molecular weight excluding hydrogens is 416 g/mol. The molecule has 0 unspecified atom stereocenters. The molecule has 1 saturated heterocycles. The van der Waals surface area contributed by atoms with E-state index >= 15 is 0 Å². The third kappa shape index (κ3) is 4.45. The number of amides is 1. The topological polar surface area (TPSA) is 32.3 Å². The first-order valence-corrected chi connectivity index (χ1v) is 12.3. The predicted octanol–water partition coefficient (Wildman–Crippen LogP) is 6.32. The van der Waals surface area contributed by atoms with Gasteiger partial charge in [-0.1, -0.05) is 77.4 Å². The number of nitrogens with zero attached hydrogens (tertiary/aromatic N) is 1. The third-order valence-corrected chi connectivity index (χ3v) is 7.41. The van der Waals surface area contributed by atoms with Crippen LogP contribution in [0.1, 0.15) is 64.0 Å². The minimum atomic E-state index is -0.0602. The van der Waals surface area contributed by atoms with Gasteiger partial charge in [0.25, 0.3) is 5.91 Å². The van der Waals surface area contributed by atoms with Gasteiger partial charge in [0.2, 0.25) is 0 Å². The fourth-order valence-electron chi connectivity index (χ4n) is 5.74. The van der Waals surface area contributed by atoms with Gasteiger partial charge >= 0.3 is 0 Å². The predicted molar refractivity (Wildman–Crippen MR) is 140 cm³/mol. The molecule has 0 aromatic heterocycles. The zero-order valence-corrected chi connectivity index (χ0v) is 20.7. The van der Waals surface area contributed by atoms with E-state index in [1.54, 1.807) is 5.57 Å². The molecule has 1 spiro atoms. The molecule has 34 heavy (non-hydrogen) atoms. The highest BCUT2D eigenvalue weighted by Gasteiger charge is 2.49. The number of carbonyl (C=O) groups is 1. The van der Waals surface area contributed by atoms with Crippen molar-refractivity contribution in [2.75, 3.05) is 20.1 Å². The number of aryl methyl sites for hydroxylation is 2. The zero-order chi connectivity index (χ0) is 23.9. The summed E-state index contributed by atoms with van der Waals surface area (Å²) in [4.78, 5) is 15.1. The monoisotopic (exact) mass is 450 g/mol. The van der Waals surface area contributed by atoms with Crippen LogP contribution in [0.25, 0.3) is 5.57 Å². The number of benzene rings is 3. The zero-order valence-electron chi connectivity index (χ0n) is 20.7. The molecule has 3 aromatic carbocycles. The van der Waals surface area contributed by atoms with E-state index in [1.807, 2.05) is 38.1 Å². The van der Waals surface area contributed by atoms with Gasteiger partial charge in [-0.3, -0.25) is 4.79 Å². The molecule has 0 bridgehead atoms. The van der Waals surface area contributed by atoms with E-state index in [2.05, 4.69) is 72.7 Å². The van der Waals surface area contributed by atoms with Crippen molar-refractivity contribution in [1.82, 2.24) is 10.2 Å². The van der Waals surface area contributed by atoms with E-state index in [9.17, 15) is 4.79 Å². The standard InChI is InChI=1S/C31H34N2O/c1-21-8-10-25(11-9-21)29(28-17-31(18-28)19-33(4)20-31)26-14-12-24(13-15-26)23(3)32-30(34)27-7-5-6-22(2)16-27/h5-16,23H,17-20H2,1-4H3,(H,32,34)/t23-/m1/s1. The van der Waals surface area contributed by atoms with Crippen LogP contribution in [0, 0.1) is 19.3 Å². The van der Waals surface area contributed by atoms with Crippen LogP contribution in [0.5, 0.6) is 0 Å². The Morgan fingerprint density at radius 1 is 0.853 bits per heavy atom. The summed E-state index contributed by atoms with van der Waals surface area (Å²) in [6, 6.07) is 25.4. The van der Waals surface area contributed by atoms with Gasteiger partial charge in [-0.2, -0.15) is 0 Å². The number of hydrogen-bond donors (Lipinski definition) is 1. The highest BCUT2D eigenvalue weighted by atomic mass is 16.1. The Kier molecular flexibility index (Phi) is 5.91. The van der Waals surface area contributed by atoms with Gasteiger partial charge in [0.15, 0.2) is 0 Å². The average molecular weight is 451 g/mol. The van der Waals surface area contributed by atoms with E-state index in [4.69, 9.17) is 0 Å². The molecule has 2 fully saturated rings. The second kappa shape index (κ2) is 8.88. The molecule has 5 rings (SSSR count). The Hall–Kier alpha value is -3.17. The Bertz CT molecular complexity index is 1220. The summed E-state index contributed by atoms with van der Waals surface area (Å²) in [5.74, 6) is -0.0343. The van der Waals surface area contributed by atoms with Crippen LogP contribution in [0.15, 0.2) is 78.4 Å². The Labute approximate surface area is 203 Å². The first-order chi connectivity index (χ1) is 16.3. The van der Waals surface area contributed by atoms with Gasteiger partial charge in [-0.25, -0.2) is 0 Å². The molecule has 2 aliphatic rings. The van der Waals surface area contributed by atoms with E-state index in [1.165, 1.54) is 48.2 Å². The van der Waals surface area contributed by atoms with Crippen molar-refractivity contribution in [1.29, 1.82) is 0 Å². The summed E-state index contributed by atoms with van der Waals surface area (Å²) in [5, 5.41) is 3.15. The maximum Gasteiger partial charge on any atom is 0.251 e. The van der Waals surface area contributed by atoms with Gasteiger partial charge in [0, 0.05) is 24.1 Å². The Morgan fingerprint density at radius 3 is 2.06 bits per heavy atom. The van der Waals surface area contributed by atoms with Crippen LogP contribution in [0.3, 0.4) is 0 Å². The van der Waals surface area contributed by atoms with Crippen molar-refractivity contribution >= 4 is 11.5 Å². The molecule has 3 heteroatoms. The van der Waals surface area contributed by atoms with Gasteiger partial charge < -0.3 is 10.2 Å². The first-order valence-electron chi connectivity index (χ1n) is 12.3. The Balaban J connectivity index is 1.37. The summed E-state index contributed by atoms with van der Waals surface area (Å²) in [5.41, 5.74) is 10.2. The van der Waals surface area contributed by atoms with Crippen molar-refractivity contribution in [3.05, 3.63) is 112 Å². The molecule has 1 aliphatic heterocycles. The van der Waals surface area contributed by atoms with E-state index < -0.39 is 0 Å². The van der Waals surface area contributed by atoms with E-state index in [0.717, 1.165) is 11.1 Å². The molecule has 3 nitrogen and oxygen atoms in total. The molecule has 1 amide bonds. The van der Waals surface area contributed by atoms with E-state index in [0.29, 0.717) is 11.0 Å². The van der Waals surface area contributed by atoms with Crippen molar-refractivity contribution < 1.29 is 4.79 Å². The van der Waals surface area contributed by atoms with Crippen LogP contribution >= 0.6 is 0 Å². The van der Waals surface area contributed by atoms with Crippen LogP contribution in [0.2, 0.25) is 0 Å². The fraction of sp³-hybridized carbons (Fsp3) is 0.323. The minimum absolute atomic E-state index is 0.0343. The third-order valence-electron chi connectivity index (χ3n) is 7.41. The van der Waals surface area contributed by atoms with Crippen LogP contribution in [0.4, 0.5) is 0 Å². The number of rotatable bonds is 5. The van der Waals surface area contributed by atoms with E-state index in [-0.39, 0.29) is 11.9 Å². The van der Waals surface area contributed by atoms with Crippen molar-refractivity contribution in [2.24, 2.45) is 5.41 Å². The molecule has 174 valence electrons. The minimum Gasteiger partial charge on any atom is -0.346 e. The maximum atomic E-state index is 12.7. The lowest BCUT2D eigenvalue weighted by Crippen LogP contribution is -2.58. The fourth-order valence-corrected chi connectivity index (χ4v) is 5.74. The number of hydrogen-bond acceptors (Lipinski definition) is 2. The number of nitrogens with one attached hydrogen (secondary N) is 1. The van der Waals surface area contributed by atoms with Gasteiger partial charge in [-0.15, -0.1) is 0 Å². The number of likely N-dealkylation sites (tertiary alicyclic amines) is 1. The molecule has 1 saturated carbocycles. The smallest absolute Gasteiger partial charge is 0.251 e. The lowest BCUT2D eigenvalue weighted by Gasteiger charge is -2.56. The molecule has 1 N–H and O–H groups in total. The molecule has 1 heterocycles. The lowest BCUT2D eigenvalue weighted by atomic mass is 9.59. The summed E-state index contributed by atoms with van der Waals surface area (Å²) in [6.07, 6.45) is 2.40.